The van der Waals surface area contributed by atoms with E-state index in [0.717, 1.165) is 16.7 Å². The van der Waals surface area contributed by atoms with Gasteiger partial charge in [-0.3, -0.25) is 0 Å². The summed E-state index contributed by atoms with van der Waals surface area (Å²) in [4.78, 5) is 17.4. The fraction of sp³-hybridized carbons (Fsp3) is 0.263. The number of rotatable bonds is 3. The van der Waals surface area contributed by atoms with Crippen molar-refractivity contribution < 1.29 is 9.53 Å². The van der Waals surface area contributed by atoms with Gasteiger partial charge in [-0.25, -0.2) is 9.79 Å². The summed E-state index contributed by atoms with van der Waals surface area (Å²) < 4.78 is 5.55. The van der Waals surface area contributed by atoms with E-state index in [0.29, 0.717) is 5.90 Å². The average molecular weight is 293 g/mol. The van der Waals surface area contributed by atoms with Crippen LogP contribution in [0.15, 0.2) is 59.6 Å². The molecule has 1 aliphatic heterocycles. The smallest absolute Gasteiger partial charge is 0.345 e. The summed E-state index contributed by atoms with van der Waals surface area (Å²) >= 11 is 0. The number of carbonyl (C=O) groups excluding carboxylic acids is 1. The monoisotopic (exact) mass is 293 g/mol. The maximum absolute atomic E-state index is 12.7. The Morgan fingerprint density at radius 3 is 2.41 bits per heavy atom. The van der Waals surface area contributed by atoms with Gasteiger partial charge in [-0.1, -0.05) is 61.9 Å². The lowest BCUT2D eigenvalue weighted by molar-refractivity contribution is -0.141. The van der Waals surface area contributed by atoms with Gasteiger partial charge in [0.25, 0.3) is 0 Å². The van der Waals surface area contributed by atoms with Crippen LogP contribution in [0.4, 0.5) is 0 Å². The van der Waals surface area contributed by atoms with Crippen molar-refractivity contribution in [1.29, 1.82) is 0 Å². The highest BCUT2D eigenvalue weighted by Crippen LogP contribution is 2.40. The van der Waals surface area contributed by atoms with Crippen LogP contribution in [-0.4, -0.2) is 11.9 Å². The number of hydrogen-bond donors (Lipinski definition) is 0. The number of esters is 1. The van der Waals surface area contributed by atoms with E-state index in [-0.39, 0.29) is 11.9 Å². The third-order valence-corrected chi connectivity index (χ3v) is 4.09. The molecule has 1 atom stereocenters. The predicted molar refractivity (Wildman–Crippen MR) is 86.8 cm³/mol. The van der Waals surface area contributed by atoms with Gasteiger partial charge in [0.05, 0.1) is 0 Å². The van der Waals surface area contributed by atoms with Gasteiger partial charge < -0.3 is 4.74 Å². The topological polar surface area (TPSA) is 38.7 Å². The van der Waals surface area contributed by atoms with Crippen LogP contribution < -0.4 is 0 Å². The summed E-state index contributed by atoms with van der Waals surface area (Å²) in [5.74, 6) is 0.112. The van der Waals surface area contributed by atoms with E-state index in [2.05, 4.69) is 0 Å². The summed E-state index contributed by atoms with van der Waals surface area (Å²) in [7, 11) is 0. The molecule has 0 amide bonds. The predicted octanol–water partition coefficient (Wildman–Crippen LogP) is 3.85. The summed E-state index contributed by atoms with van der Waals surface area (Å²) in [6, 6.07) is 17.5. The van der Waals surface area contributed by atoms with Gasteiger partial charge in [0.15, 0.2) is 5.54 Å². The molecular formula is C19H19NO2. The molecule has 0 aromatic heterocycles. The van der Waals surface area contributed by atoms with Gasteiger partial charge in [0.2, 0.25) is 5.90 Å². The summed E-state index contributed by atoms with van der Waals surface area (Å²) in [5, 5.41) is 0. The average Bonchev–Trinajstić information content (AvgIpc) is 2.87. The first-order chi connectivity index (χ1) is 10.5. The van der Waals surface area contributed by atoms with Gasteiger partial charge in [0.1, 0.15) is 0 Å². The van der Waals surface area contributed by atoms with Gasteiger partial charge >= 0.3 is 5.97 Å². The highest BCUT2D eigenvalue weighted by Gasteiger charge is 2.50. The lowest BCUT2D eigenvalue weighted by atomic mass is 9.81. The molecule has 112 valence electrons. The molecule has 3 nitrogen and oxygen atoms in total. The van der Waals surface area contributed by atoms with Crippen LogP contribution >= 0.6 is 0 Å². The molecule has 2 aromatic rings. The Kier molecular flexibility index (Phi) is 3.57. The van der Waals surface area contributed by atoms with Crippen LogP contribution in [0.5, 0.6) is 0 Å². The molecular weight excluding hydrogens is 274 g/mol. The number of carbonyl (C=O) groups is 1. The van der Waals surface area contributed by atoms with Crippen molar-refractivity contribution >= 4 is 11.9 Å². The Morgan fingerprint density at radius 1 is 1.05 bits per heavy atom. The molecule has 3 heteroatoms. The Hall–Kier alpha value is -2.42. The van der Waals surface area contributed by atoms with Gasteiger partial charge in [-0.2, -0.15) is 0 Å². The van der Waals surface area contributed by atoms with E-state index in [9.17, 15) is 4.79 Å². The number of hydrogen-bond acceptors (Lipinski definition) is 3. The molecule has 0 saturated heterocycles. The Bertz CT molecular complexity index is 734. The normalized spacial score (nSPS) is 20.9. The Balaban J connectivity index is 2.14. The van der Waals surface area contributed by atoms with Gasteiger partial charge in [-0.15, -0.1) is 0 Å². The van der Waals surface area contributed by atoms with Crippen molar-refractivity contribution in [2.45, 2.75) is 26.3 Å². The molecule has 0 saturated carbocycles. The van der Waals surface area contributed by atoms with Crippen LogP contribution in [0, 0.1) is 12.8 Å². The van der Waals surface area contributed by atoms with Crippen molar-refractivity contribution in [3.05, 3.63) is 71.3 Å². The minimum absolute atomic E-state index is 0.00436. The second-order valence-electron chi connectivity index (χ2n) is 5.96. The largest absolute Gasteiger partial charge is 0.405 e. The van der Waals surface area contributed by atoms with E-state index in [1.807, 2.05) is 75.4 Å². The molecule has 2 aromatic carbocycles. The second-order valence-corrected chi connectivity index (χ2v) is 5.96. The fourth-order valence-electron chi connectivity index (χ4n) is 2.87. The van der Waals surface area contributed by atoms with Crippen LogP contribution in [-0.2, 0) is 15.1 Å². The first-order valence-electron chi connectivity index (χ1n) is 7.49. The Labute approximate surface area is 130 Å². The molecule has 0 fully saturated rings. The van der Waals surface area contributed by atoms with E-state index in [1.165, 1.54) is 0 Å². The maximum atomic E-state index is 12.7. The van der Waals surface area contributed by atoms with Gasteiger partial charge in [-0.05, 0) is 30.5 Å². The van der Waals surface area contributed by atoms with E-state index in [1.54, 1.807) is 0 Å². The summed E-state index contributed by atoms with van der Waals surface area (Å²) in [6.45, 7) is 6.00. The van der Waals surface area contributed by atoms with Crippen molar-refractivity contribution in [2.75, 3.05) is 0 Å². The first-order valence-corrected chi connectivity index (χ1v) is 7.49. The SMILES string of the molecule is Cc1cccc(C2=N[C@@](c3ccccc3)(C(C)C)C(=O)O2)c1. The zero-order valence-corrected chi connectivity index (χ0v) is 13.0. The van der Waals surface area contributed by atoms with Crippen molar-refractivity contribution in [3.8, 4) is 0 Å². The zero-order chi connectivity index (χ0) is 15.7. The van der Waals surface area contributed by atoms with E-state index < -0.39 is 5.54 Å². The van der Waals surface area contributed by atoms with E-state index >= 15 is 0 Å². The number of nitrogens with zero attached hydrogens (tertiary/aromatic N) is 1. The van der Waals surface area contributed by atoms with Gasteiger partial charge in [0, 0.05) is 5.56 Å². The third-order valence-electron chi connectivity index (χ3n) is 4.09. The van der Waals surface area contributed by atoms with Crippen molar-refractivity contribution in [3.63, 3.8) is 0 Å². The molecule has 0 aliphatic carbocycles. The minimum Gasteiger partial charge on any atom is -0.405 e. The number of ether oxygens (including phenoxy) is 1. The lowest BCUT2D eigenvalue weighted by Crippen LogP contribution is -2.36. The number of aryl methyl sites for hydroxylation is 1. The molecule has 0 radical (unpaired) electrons. The molecule has 0 N–H and O–H groups in total. The third kappa shape index (κ3) is 2.23. The first kappa shape index (κ1) is 14.5. The van der Waals surface area contributed by atoms with Crippen LogP contribution in [0.2, 0.25) is 0 Å². The highest BCUT2D eigenvalue weighted by molar-refractivity contribution is 6.08. The maximum Gasteiger partial charge on any atom is 0.345 e. The number of aliphatic imine (C=N–C) groups is 1. The van der Waals surface area contributed by atoms with Crippen LogP contribution in [0.1, 0.15) is 30.5 Å². The Morgan fingerprint density at radius 2 is 1.77 bits per heavy atom. The van der Waals surface area contributed by atoms with E-state index in [4.69, 9.17) is 9.73 Å². The highest BCUT2D eigenvalue weighted by atomic mass is 16.6. The van der Waals surface area contributed by atoms with Crippen molar-refractivity contribution in [1.82, 2.24) is 0 Å². The standard InChI is InChI=1S/C19H19NO2/c1-13(2)19(16-10-5-4-6-11-16)18(21)22-17(20-19)15-9-7-8-14(3)12-15/h4-13H,1-3H3/t19-/m1/s1. The number of cyclic esters (lactones) is 1. The summed E-state index contributed by atoms with van der Waals surface area (Å²) in [5.41, 5.74) is 1.86. The van der Waals surface area contributed by atoms with Crippen LogP contribution in [0.25, 0.3) is 0 Å². The molecule has 1 heterocycles. The molecule has 0 spiro atoms. The molecule has 22 heavy (non-hydrogen) atoms. The molecule has 1 aliphatic rings. The minimum atomic E-state index is -0.958. The fourth-order valence-corrected chi connectivity index (χ4v) is 2.87. The molecule has 3 rings (SSSR count). The lowest BCUT2D eigenvalue weighted by Gasteiger charge is -2.26. The molecule has 0 unspecified atom stereocenters. The second kappa shape index (κ2) is 5.41. The van der Waals surface area contributed by atoms with Crippen molar-refractivity contribution in [2.24, 2.45) is 10.9 Å². The number of benzene rings is 2. The summed E-state index contributed by atoms with van der Waals surface area (Å²) in [6.07, 6.45) is 0. The molecule has 0 bridgehead atoms. The zero-order valence-electron chi connectivity index (χ0n) is 13.0. The van der Waals surface area contributed by atoms with Crippen LogP contribution in [0.3, 0.4) is 0 Å². The quantitative estimate of drug-likeness (QED) is 0.806.